The van der Waals surface area contributed by atoms with Crippen LogP contribution in [0.25, 0.3) is 0 Å². The van der Waals surface area contributed by atoms with Crippen LogP contribution in [0.1, 0.15) is 24.0 Å². The summed E-state index contributed by atoms with van der Waals surface area (Å²) in [5, 5.41) is 14.2. The number of methoxy groups -OCH3 is 1. The zero-order valence-corrected chi connectivity index (χ0v) is 21.8. The largest absolute Gasteiger partial charge is 0.491 e. The topological polar surface area (TPSA) is 88.4 Å². The molecule has 0 aromatic heterocycles. The first kappa shape index (κ1) is 26.5. The van der Waals surface area contributed by atoms with Gasteiger partial charge in [0.2, 0.25) is 5.91 Å². The minimum Gasteiger partial charge on any atom is -0.491 e. The molecule has 3 rings (SSSR count). The van der Waals surface area contributed by atoms with Crippen LogP contribution in [0.3, 0.4) is 0 Å². The van der Waals surface area contributed by atoms with Gasteiger partial charge in [-0.1, -0.05) is 52.5 Å². The van der Waals surface area contributed by atoms with Crippen LogP contribution >= 0.6 is 58.2 Å². The standard InChI is InChI=1S/C23H18Cl4N2O4S/c1-3-33-20-16(26)7-12(8-17(20)27)18-13(9-28)22(29-21(30)19(18)23(31)32-2)34-10-11-4-5-14(24)15(25)6-11/h4-8,18-19H,3,10H2,1-2H3,(H,29,30)/t18-,19-/m0/s1. The Morgan fingerprint density at radius 3 is 2.35 bits per heavy atom. The van der Waals surface area contributed by atoms with Gasteiger partial charge in [-0.25, -0.2) is 0 Å². The fourth-order valence-electron chi connectivity index (χ4n) is 3.51. The highest BCUT2D eigenvalue weighted by atomic mass is 35.5. The summed E-state index contributed by atoms with van der Waals surface area (Å²) >= 11 is 26.0. The number of hydrogen-bond donors (Lipinski definition) is 1. The number of amides is 1. The average molecular weight is 560 g/mol. The Hall–Kier alpha value is -2.08. The van der Waals surface area contributed by atoms with Crippen molar-refractivity contribution < 1.29 is 19.1 Å². The molecule has 34 heavy (non-hydrogen) atoms. The van der Waals surface area contributed by atoms with Crippen LogP contribution in [0, 0.1) is 17.2 Å². The third-order valence-electron chi connectivity index (χ3n) is 5.02. The molecule has 1 aliphatic heterocycles. The fraction of sp³-hybridized carbons (Fsp3) is 0.261. The minimum atomic E-state index is -1.31. The number of carbonyl (C=O) groups is 2. The maximum absolute atomic E-state index is 13.0. The molecule has 1 heterocycles. The van der Waals surface area contributed by atoms with E-state index in [2.05, 4.69) is 11.4 Å². The van der Waals surface area contributed by atoms with Crippen molar-refractivity contribution in [1.82, 2.24) is 5.32 Å². The van der Waals surface area contributed by atoms with Crippen molar-refractivity contribution in [3.63, 3.8) is 0 Å². The van der Waals surface area contributed by atoms with Gasteiger partial charge in [0, 0.05) is 11.7 Å². The monoisotopic (exact) mass is 558 g/mol. The average Bonchev–Trinajstić information content (AvgIpc) is 2.81. The van der Waals surface area contributed by atoms with E-state index in [1.165, 1.54) is 31.0 Å². The number of thioether (sulfide) groups is 1. The van der Waals surface area contributed by atoms with Gasteiger partial charge in [0.05, 0.1) is 50.5 Å². The number of nitrogens with one attached hydrogen (secondary N) is 1. The normalized spacial score (nSPS) is 17.7. The number of ether oxygens (including phenoxy) is 2. The summed E-state index contributed by atoms with van der Waals surface area (Å²) in [4.78, 5) is 25.6. The molecule has 0 aliphatic carbocycles. The van der Waals surface area contributed by atoms with Crippen LogP contribution in [0.5, 0.6) is 5.75 Å². The maximum atomic E-state index is 13.0. The lowest BCUT2D eigenvalue weighted by molar-refractivity contribution is -0.150. The molecular weight excluding hydrogens is 542 g/mol. The van der Waals surface area contributed by atoms with Crippen molar-refractivity contribution in [2.24, 2.45) is 5.92 Å². The van der Waals surface area contributed by atoms with Crippen LogP contribution < -0.4 is 10.1 Å². The zero-order chi connectivity index (χ0) is 25.0. The van der Waals surface area contributed by atoms with Crippen LogP contribution in [-0.2, 0) is 20.1 Å². The summed E-state index contributed by atoms with van der Waals surface area (Å²) in [5.41, 5.74) is 1.42. The lowest BCUT2D eigenvalue weighted by Crippen LogP contribution is -2.44. The summed E-state index contributed by atoms with van der Waals surface area (Å²) < 4.78 is 10.3. The van der Waals surface area contributed by atoms with E-state index in [0.29, 0.717) is 33.0 Å². The Kier molecular flexibility index (Phi) is 9.02. The number of nitriles is 1. The number of halogens is 4. The summed E-state index contributed by atoms with van der Waals surface area (Å²) in [6.45, 7) is 2.13. The molecule has 1 aliphatic rings. The summed E-state index contributed by atoms with van der Waals surface area (Å²) in [5.74, 6) is -3.00. The van der Waals surface area contributed by atoms with Crippen molar-refractivity contribution in [1.29, 1.82) is 5.26 Å². The van der Waals surface area contributed by atoms with Crippen molar-refractivity contribution >= 4 is 70.0 Å². The van der Waals surface area contributed by atoms with Gasteiger partial charge in [-0.3, -0.25) is 9.59 Å². The fourth-order valence-corrected chi connectivity index (χ4v) is 5.43. The zero-order valence-electron chi connectivity index (χ0n) is 18.0. The Morgan fingerprint density at radius 1 is 1.12 bits per heavy atom. The molecular formula is C23H18Cl4N2O4S. The van der Waals surface area contributed by atoms with Crippen LogP contribution in [0.2, 0.25) is 20.1 Å². The molecule has 2 aromatic rings. The Morgan fingerprint density at radius 2 is 1.79 bits per heavy atom. The quantitative estimate of drug-likeness (QED) is 0.313. The molecule has 178 valence electrons. The van der Waals surface area contributed by atoms with E-state index in [-0.39, 0.29) is 21.4 Å². The number of allylic oxidation sites excluding steroid dienone is 1. The van der Waals surface area contributed by atoms with E-state index in [4.69, 9.17) is 55.9 Å². The Labute approximate surface area is 221 Å². The van der Waals surface area contributed by atoms with Crippen molar-refractivity contribution in [3.05, 3.63) is 72.2 Å². The number of benzene rings is 2. The number of carbonyl (C=O) groups excluding carboxylic acids is 2. The van der Waals surface area contributed by atoms with E-state index in [0.717, 1.165) is 5.56 Å². The number of hydrogen-bond acceptors (Lipinski definition) is 6. The first-order chi connectivity index (χ1) is 16.2. The van der Waals surface area contributed by atoms with Crippen LogP contribution in [0.15, 0.2) is 40.9 Å². The molecule has 1 amide bonds. The highest BCUT2D eigenvalue weighted by molar-refractivity contribution is 8.02. The predicted molar refractivity (Wildman–Crippen MR) is 134 cm³/mol. The van der Waals surface area contributed by atoms with Crippen molar-refractivity contribution in [2.75, 3.05) is 13.7 Å². The molecule has 1 N–H and O–H groups in total. The molecule has 0 bridgehead atoms. The first-order valence-corrected chi connectivity index (χ1v) is 12.4. The van der Waals surface area contributed by atoms with Crippen LogP contribution in [-0.4, -0.2) is 25.6 Å². The minimum absolute atomic E-state index is 0.177. The number of nitrogens with zero attached hydrogens (tertiary/aromatic N) is 1. The van der Waals surface area contributed by atoms with Gasteiger partial charge in [-0.15, -0.1) is 11.8 Å². The second-order valence-electron chi connectivity index (χ2n) is 7.11. The van der Waals surface area contributed by atoms with Crippen molar-refractivity contribution in [2.45, 2.75) is 18.6 Å². The summed E-state index contributed by atoms with van der Waals surface area (Å²) in [6, 6.07) is 10.4. The third-order valence-corrected chi connectivity index (χ3v) is 7.41. The molecule has 2 aromatic carbocycles. The van der Waals surface area contributed by atoms with Gasteiger partial charge in [-0.2, -0.15) is 5.26 Å². The molecule has 0 radical (unpaired) electrons. The molecule has 0 saturated heterocycles. The van der Waals surface area contributed by atoms with Gasteiger partial charge in [0.1, 0.15) is 5.92 Å². The lowest BCUT2D eigenvalue weighted by Gasteiger charge is -2.31. The second-order valence-corrected chi connectivity index (χ2v) is 9.72. The molecule has 11 heteroatoms. The van der Waals surface area contributed by atoms with Gasteiger partial charge in [0.15, 0.2) is 5.75 Å². The van der Waals surface area contributed by atoms with Gasteiger partial charge in [-0.05, 0) is 42.3 Å². The van der Waals surface area contributed by atoms with Crippen molar-refractivity contribution in [3.8, 4) is 11.8 Å². The molecule has 2 atom stereocenters. The Balaban J connectivity index is 2.08. The predicted octanol–water partition coefficient (Wildman–Crippen LogP) is 6.37. The molecule has 0 unspecified atom stereocenters. The van der Waals surface area contributed by atoms with E-state index in [1.54, 1.807) is 25.1 Å². The summed E-state index contributed by atoms with van der Waals surface area (Å²) in [7, 11) is 1.18. The van der Waals surface area contributed by atoms with Gasteiger partial charge < -0.3 is 14.8 Å². The SMILES string of the molecule is CCOc1c(Cl)cc([C@H]2C(C#N)=C(SCc3ccc(Cl)c(Cl)c3)NC(=O)[C@H]2C(=O)OC)cc1Cl. The third kappa shape index (κ3) is 5.59. The highest BCUT2D eigenvalue weighted by Gasteiger charge is 2.44. The second kappa shape index (κ2) is 11.6. The number of rotatable bonds is 7. The van der Waals surface area contributed by atoms with Crippen LogP contribution in [0.4, 0.5) is 0 Å². The summed E-state index contributed by atoms with van der Waals surface area (Å²) in [6.07, 6.45) is 0. The first-order valence-electron chi connectivity index (χ1n) is 9.93. The molecule has 0 spiro atoms. The molecule has 0 fully saturated rings. The van der Waals surface area contributed by atoms with E-state index in [9.17, 15) is 14.9 Å². The molecule has 6 nitrogen and oxygen atoms in total. The van der Waals surface area contributed by atoms with E-state index < -0.39 is 23.7 Å². The smallest absolute Gasteiger partial charge is 0.319 e. The van der Waals surface area contributed by atoms with Gasteiger partial charge >= 0.3 is 5.97 Å². The number of esters is 1. The van der Waals surface area contributed by atoms with Gasteiger partial charge in [0.25, 0.3) is 0 Å². The van der Waals surface area contributed by atoms with E-state index in [1.807, 2.05) is 0 Å². The Bertz CT molecular complexity index is 1190. The maximum Gasteiger partial charge on any atom is 0.319 e. The van der Waals surface area contributed by atoms with E-state index >= 15 is 0 Å². The molecule has 0 saturated carbocycles. The highest BCUT2D eigenvalue weighted by Crippen LogP contribution is 2.44. The lowest BCUT2D eigenvalue weighted by atomic mass is 9.78.